The second-order valence-corrected chi connectivity index (χ2v) is 7.91. The summed E-state index contributed by atoms with van der Waals surface area (Å²) in [7, 11) is 1.61. The van der Waals surface area contributed by atoms with Crippen molar-refractivity contribution < 1.29 is 9.84 Å². The van der Waals surface area contributed by atoms with Crippen LogP contribution in [0.15, 0.2) is 30.9 Å². The summed E-state index contributed by atoms with van der Waals surface area (Å²) in [6.45, 7) is 1.90. The molecular weight excluding hydrogens is 370 g/mol. The molecule has 0 saturated heterocycles. The molecule has 4 aromatic rings. The molecule has 1 saturated carbocycles. The molecule has 29 heavy (non-hydrogen) atoms. The van der Waals surface area contributed by atoms with E-state index in [2.05, 4.69) is 30.5 Å². The van der Waals surface area contributed by atoms with Gasteiger partial charge in [0.1, 0.15) is 12.0 Å². The molecule has 0 unspecified atom stereocenters. The fourth-order valence-corrected chi connectivity index (χ4v) is 3.99. The van der Waals surface area contributed by atoms with Crippen LogP contribution in [-0.4, -0.2) is 53.4 Å². The SMILES string of the molecule is COc1nc(NC2CCC(C)(O)CC2)nc2[nH]cc(-c3ccc4nncn4c3)c12. The van der Waals surface area contributed by atoms with Gasteiger partial charge in [0, 0.05) is 29.6 Å². The lowest BCUT2D eigenvalue weighted by Gasteiger charge is -2.33. The van der Waals surface area contributed by atoms with Gasteiger partial charge in [-0.1, -0.05) is 0 Å². The van der Waals surface area contributed by atoms with Gasteiger partial charge in [-0.25, -0.2) is 0 Å². The van der Waals surface area contributed by atoms with Gasteiger partial charge in [0.25, 0.3) is 0 Å². The molecule has 150 valence electrons. The molecule has 4 aromatic heterocycles. The van der Waals surface area contributed by atoms with Crippen LogP contribution >= 0.6 is 0 Å². The zero-order valence-corrected chi connectivity index (χ0v) is 16.4. The summed E-state index contributed by atoms with van der Waals surface area (Å²) in [5, 5.41) is 22.4. The topological polar surface area (TPSA) is 113 Å². The molecule has 0 bridgehead atoms. The van der Waals surface area contributed by atoms with E-state index in [0.29, 0.717) is 17.5 Å². The van der Waals surface area contributed by atoms with Crippen molar-refractivity contribution in [2.75, 3.05) is 12.4 Å². The number of aliphatic hydroxyl groups is 1. The summed E-state index contributed by atoms with van der Waals surface area (Å²) >= 11 is 0. The van der Waals surface area contributed by atoms with Crippen LogP contribution in [0, 0.1) is 0 Å². The maximum Gasteiger partial charge on any atom is 0.228 e. The predicted molar refractivity (Wildman–Crippen MR) is 109 cm³/mol. The average molecular weight is 393 g/mol. The monoisotopic (exact) mass is 393 g/mol. The number of ether oxygens (including phenoxy) is 1. The summed E-state index contributed by atoms with van der Waals surface area (Å²) in [5.74, 6) is 1.05. The Kier molecular flexibility index (Phi) is 4.13. The largest absolute Gasteiger partial charge is 0.480 e. The van der Waals surface area contributed by atoms with E-state index < -0.39 is 5.60 Å². The zero-order valence-electron chi connectivity index (χ0n) is 16.4. The van der Waals surface area contributed by atoms with Gasteiger partial charge >= 0.3 is 0 Å². The molecule has 3 N–H and O–H groups in total. The Balaban J connectivity index is 1.49. The number of hydrogen-bond acceptors (Lipinski definition) is 7. The number of fused-ring (bicyclic) bond motifs is 2. The molecule has 4 heterocycles. The first-order valence-corrected chi connectivity index (χ1v) is 9.74. The third kappa shape index (κ3) is 3.27. The highest BCUT2D eigenvalue weighted by molar-refractivity contribution is 5.97. The molecule has 9 nitrogen and oxygen atoms in total. The van der Waals surface area contributed by atoms with Crippen LogP contribution < -0.4 is 10.1 Å². The summed E-state index contributed by atoms with van der Waals surface area (Å²) < 4.78 is 7.47. The smallest absolute Gasteiger partial charge is 0.228 e. The first-order chi connectivity index (χ1) is 14.0. The van der Waals surface area contributed by atoms with Crippen LogP contribution in [-0.2, 0) is 0 Å². The second kappa shape index (κ2) is 6.70. The first kappa shape index (κ1) is 17.9. The fourth-order valence-electron chi connectivity index (χ4n) is 3.99. The minimum absolute atomic E-state index is 0.239. The van der Waals surface area contributed by atoms with E-state index >= 15 is 0 Å². The van der Waals surface area contributed by atoms with Gasteiger partial charge in [0.15, 0.2) is 5.65 Å². The first-order valence-electron chi connectivity index (χ1n) is 9.74. The molecule has 1 fully saturated rings. The highest BCUT2D eigenvalue weighted by Gasteiger charge is 2.29. The van der Waals surface area contributed by atoms with Crippen molar-refractivity contribution in [1.29, 1.82) is 0 Å². The number of hydrogen-bond donors (Lipinski definition) is 3. The number of pyridine rings is 1. The molecule has 1 aliphatic carbocycles. The third-order valence-electron chi connectivity index (χ3n) is 5.69. The number of H-pyrrole nitrogens is 1. The Morgan fingerprint density at radius 1 is 1.28 bits per heavy atom. The van der Waals surface area contributed by atoms with Gasteiger partial charge in [0.2, 0.25) is 11.8 Å². The Morgan fingerprint density at radius 3 is 2.90 bits per heavy atom. The molecule has 0 amide bonds. The maximum absolute atomic E-state index is 10.2. The van der Waals surface area contributed by atoms with Crippen molar-refractivity contribution in [2.45, 2.75) is 44.2 Å². The van der Waals surface area contributed by atoms with Gasteiger partial charge < -0.3 is 20.1 Å². The van der Waals surface area contributed by atoms with E-state index in [1.54, 1.807) is 13.4 Å². The lowest BCUT2D eigenvalue weighted by Crippen LogP contribution is -2.36. The van der Waals surface area contributed by atoms with Gasteiger partial charge in [-0.05, 0) is 44.7 Å². The average Bonchev–Trinajstić information content (AvgIpc) is 3.35. The molecule has 0 atom stereocenters. The van der Waals surface area contributed by atoms with Crippen molar-refractivity contribution in [3.05, 3.63) is 30.9 Å². The number of rotatable bonds is 4. The van der Waals surface area contributed by atoms with Gasteiger partial charge in [-0.2, -0.15) is 9.97 Å². The number of aromatic amines is 1. The third-order valence-corrected chi connectivity index (χ3v) is 5.69. The molecule has 0 spiro atoms. The standard InChI is InChI=1S/C20H23N7O2/c1-20(28)7-5-13(6-8-20)23-19-24-17-16(18(25-19)29-2)14(9-21-17)12-3-4-15-26-22-11-27(15)10-12/h3-4,9-11,13,28H,5-8H2,1-2H3,(H2,21,23,24,25). The highest BCUT2D eigenvalue weighted by atomic mass is 16.5. The van der Waals surface area contributed by atoms with E-state index in [-0.39, 0.29) is 6.04 Å². The minimum Gasteiger partial charge on any atom is -0.480 e. The van der Waals surface area contributed by atoms with Gasteiger partial charge in [0.05, 0.1) is 18.1 Å². The Bertz CT molecular complexity index is 1170. The Morgan fingerprint density at radius 2 is 2.10 bits per heavy atom. The summed E-state index contributed by atoms with van der Waals surface area (Å²) in [5.41, 5.74) is 2.87. The molecule has 1 aliphatic rings. The Hall–Kier alpha value is -3.20. The molecule has 5 rings (SSSR count). The minimum atomic E-state index is -0.569. The van der Waals surface area contributed by atoms with Crippen LogP contribution in [0.2, 0.25) is 0 Å². The van der Waals surface area contributed by atoms with Crippen molar-refractivity contribution in [1.82, 2.24) is 29.5 Å². The van der Waals surface area contributed by atoms with Crippen LogP contribution in [0.3, 0.4) is 0 Å². The van der Waals surface area contributed by atoms with Gasteiger partial charge in [-0.3, -0.25) is 4.40 Å². The fraction of sp³-hybridized carbons (Fsp3) is 0.400. The van der Waals surface area contributed by atoms with E-state index in [9.17, 15) is 5.11 Å². The van der Waals surface area contributed by atoms with Crippen molar-refractivity contribution in [3.63, 3.8) is 0 Å². The molecule has 9 heteroatoms. The molecule has 0 aliphatic heterocycles. The summed E-state index contributed by atoms with van der Waals surface area (Å²) in [6, 6.07) is 4.15. The van der Waals surface area contributed by atoms with E-state index in [1.165, 1.54) is 0 Å². The molecular formula is C20H23N7O2. The summed E-state index contributed by atoms with van der Waals surface area (Å²) in [4.78, 5) is 12.5. The number of aromatic nitrogens is 6. The van der Waals surface area contributed by atoms with E-state index in [4.69, 9.17) is 4.74 Å². The second-order valence-electron chi connectivity index (χ2n) is 7.91. The Labute approximate surface area is 167 Å². The quantitative estimate of drug-likeness (QED) is 0.488. The van der Waals surface area contributed by atoms with E-state index in [1.807, 2.05) is 35.9 Å². The van der Waals surface area contributed by atoms with Crippen LogP contribution in [0.1, 0.15) is 32.6 Å². The van der Waals surface area contributed by atoms with Crippen LogP contribution in [0.5, 0.6) is 5.88 Å². The number of anilines is 1. The van der Waals surface area contributed by atoms with E-state index in [0.717, 1.165) is 47.8 Å². The maximum atomic E-state index is 10.2. The van der Waals surface area contributed by atoms with Crippen molar-refractivity contribution in [3.8, 4) is 17.0 Å². The lowest BCUT2D eigenvalue weighted by molar-refractivity contribution is 0.0195. The van der Waals surface area contributed by atoms with Gasteiger partial charge in [-0.15, -0.1) is 10.2 Å². The lowest BCUT2D eigenvalue weighted by atomic mass is 9.84. The van der Waals surface area contributed by atoms with Crippen LogP contribution in [0.4, 0.5) is 5.95 Å². The van der Waals surface area contributed by atoms with Crippen molar-refractivity contribution in [2.24, 2.45) is 0 Å². The zero-order chi connectivity index (χ0) is 20.0. The van der Waals surface area contributed by atoms with Crippen molar-refractivity contribution >= 4 is 22.6 Å². The number of nitrogens with zero attached hydrogens (tertiary/aromatic N) is 5. The number of nitrogens with one attached hydrogen (secondary N) is 2. The summed E-state index contributed by atoms with van der Waals surface area (Å²) in [6.07, 6.45) is 8.85. The normalized spacial score (nSPS) is 22.2. The highest BCUT2D eigenvalue weighted by Crippen LogP contribution is 2.35. The number of methoxy groups -OCH3 is 1. The molecule has 0 radical (unpaired) electrons. The van der Waals surface area contributed by atoms with Crippen LogP contribution in [0.25, 0.3) is 27.8 Å². The molecule has 0 aromatic carbocycles. The predicted octanol–water partition coefficient (Wildman–Crippen LogP) is 2.78.